The number of aryl methyl sites for hydroxylation is 1. The summed E-state index contributed by atoms with van der Waals surface area (Å²) in [5.41, 5.74) is 3.67. The van der Waals surface area contributed by atoms with Gasteiger partial charge in [0.05, 0.1) is 13.0 Å². The summed E-state index contributed by atoms with van der Waals surface area (Å²) < 4.78 is 16.1. The summed E-state index contributed by atoms with van der Waals surface area (Å²) in [6.45, 7) is 2.75. The fourth-order valence-electron chi connectivity index (χ4n) is 2.54. The first-order valence-electron chi connectivity index (χ1n) is 7.35. The molecule has 0 amide bonds. The van der Waals surface area contributed by atoms with E-state index < -0.39 is 0 Å². The van der Waals surface area contributed by atoms with Gasteiger partial charge < -0.3 is 14.2 Å². The van der Waals surface area contributed by atoms with Crippen LogP contribution in [-0.4, -0.2) is 12.8 Å². The van der Waals surface area contributed by atoms with E-state index in [2.05, 4.69) is 0 Å². The van der Waals surface area contributed by atoms with Crippen LogP contribution in [0.3, 0.4) is 0 Å². The summed E-state index contributed by atoms with van der Waals surface area (Å²) in [4.78, 5) is 12.1. The average Bonchev–Trinajstić information content (AvgIpc) is 2.54. The van der Waals surface area contributed by atoms with Gasteiger partial charge in [0.15, 0.2) is 6.79 Å². The average molecular weight is 333 g/mol. The SMILES string of the molecule is Cc1ccccc1CC(=O)OCc1cc(Cl)cc2c1OCOC2. The van der Waals surface area contributed by atoms with Crippen LogP contribution in [0.1, 0.15) is 22.3 Å². The Labute approximate surface area is 139 Å². The Morgan fingerprint density at radius 2 is 2.09 bits per heavy atom. The molecule has 0 fully saturated rings. The summed E-state index contributed by atoms with van der Waals surface area (Å²) in [5.74, 6) is 0.421. The molecule has 0 N–H and O–H groups in total. The summed E-state index contributed by atoms with van der Waals surface area (Å²) in [5, 5.41) is 0.572. The van der Waals surface area contributed by atoms with E-state index in [0.717, 1.165) is 22.3 Å². The van der Waals surface area contributed by atoms with Crippen molar-refractivity contribution in [3.05, 3.63) is 63.7 Å². The van der Waals surface area contributed by atoms with Gasteiger partial charge in [-0.15, -0.1) is 0 Å². The molecule has 0 bridgehead atoms. The van der Waals surface area contributed by atoms with Crippen molar-refractivity contribution in [1.29, 1.82) is 0 Å². The molecule has 5 heteroatoms. The molecular formula is C18H17ClO4. The Morgan fingerprint density at radius 1 is 1.26 bits per heavy atom. The van der Waals surface area contributed by atoms with Crippen molar-refractivity contribution in [2.45, 2.75) is 26.6 Å². The van der Waals surface area contributed by atoms with Crippen LogP contribution in [0.5, 0.6) is 5.75 Å². The van der Waals surface area contributed by atoms with E-state index in [4.69, 9.17) is 25.8 Å². The van der Waals surface area contributed by atoms with Gasteiger partial charge in [0.2, 0.25) is 0 Å². The van der Waals surface area contributed by atoms with Gasteiger partial charge in [-0.3, -0.25) is 4.79 Å². The molecule has 0 aromatic heterocycles. The minimum absolute atomic E-state index is 0.133. The van der Waals surface area contributed by atoms with Crippen LogP contribution in [0.2, 0.25) is 5.02 Å². The number of ether oxygens (including phenoxy) is 3. The standard InChI is InChI=1S/C18H17ClO4/c1-12-4-2-3-5-13(12)8-17(20)22-10-15-7-16(19)6-14-9-21-11-23-18(14)15/h2-7H,8-11H2,1H3. The number of hydrogen-bond donors (Lipinski definition) is 0. The fraction of sp³-hybridized carbons (Fsp3) is 0.278. The molecule has 0 saturated carbocycles. The molecule has 2 aromatic rings. The van der Waals surface area contributed by atoms with Crippen LogP contribution in [0.15, 0.2) is 36.4 Å². The molecule has 0 saturated heterocycles. The molecule has 4 nitrogen and oxygen atoms in total. The smallest absolute Gasteiger partial charge is 0.310 e. The van der Waals surface area contributed by atoms with Gasteiger partial charge in [-0.2, -0.15) is 0 Å². The lowest BCUT2D eigenvalue weighted by Crippen LogP contribution is -2.15. The van der Waals surface area contributed by atoms with Crippen molar-refractivity contribution in [3.63, 3.8) is 0 Å². The number of rotatable bonds is 4. The number of hydrogen-bond acceptors (Lipinski definition) is 4. The van der Waals surface area contributed by atoms with Crippen molar-refractivity contribution >= 4 is 17.6 Å². The molecule has 1 heterocycles. The fourth-order valence-corrected chi connectivity index (χ4v) is 2.80. The first-order chi connectivity index (χ1) is 11.1. The highest BCUT2D eigenvalue weighted by molar-refractivity contribution is 6.30. The van der Waals surface area contributed by atoms with Crippen LogP contribution < -0.4 is 4.74 Å². The van der Waals surface area contributed by atoms with Crippen LogP contribution in [0.4, 0.5) is 0 Å². The number of benzene rings is 2. The van der Waals surface area contributed by atoms with Crippen molar-refractivity contribution in [2.24, 2.45) is 0 Å². The normalized spacial score (nSPS) is 13.1. The van der Waals surface area contributed by atoms with Gasteiger partial charge in [-0.25, -0.2) is 0 Å². The number of carbonyl (C=O) groups is 1. The second kappa shape index (κ2) is 7.02. The maximum atomic E-state index is 12.1. The largest absolute Gasteiger partial charge is 0.467 e. The molecule has 0 unspecified atom stereocenters. The highest BCUT2D eigenvalue weighted by Gasteiger charge is 2.17. The summed E-state index contributed by atoms with van der Waals surface area (Å²) >= 11 is 6.10. The zero-order chi connectivity index (χ0) is 16.2. The molecule has 120 valence electrons. The molecule has 1 aliphatic heterocycles. The molecule has 0 spiro atoms. The minimum Gasteiger partial charge on any atom is -0.467 e. The Balaban J connectivity index is 1.68. The monoisotopic (exact) mass is 332 g/mol. The lowest BCUT2D eigenvalue weighted by atomic mass is 10.1. The predicted octanol–water partition coefficient (Wildman–Crippen LogP) is 3.80. The van der Waals surface area contributed by atoms with Gasteiger partial charge in [0.1, 0.15) is 12.4 Å². The van der Waals surface area contributed by atoms with Crippen LogP contribution in [0.25, 0.3) is 0 Å². The molecule has 23 heavy (non-hydrogen) atoms. The Morgan fingerprint density at radius 3 is 2.91 bits per heavy atom. The van der Waals surface area contributed by atoms with Crippen LogP contribution in [0, 0.1) is 6.92 Å². The summed E-state index contributed by atoms with van der Waals surface area (Å²) in [6.07, 6.45) is 0.249. The van der Waals surface area contributed by atoms with Crippen molar-refractivity contribution < 1.29 is 19.0 Å². The molecule has 0 radical (unpaired) electrons. The number of halogens is 1. The number of esters is 1. The predicted molar refractivity (Wildman–Crippen MR) is 86.4 cm³/mol. The molecule has 0 atom stereocenters. The third-order valence-corrected chi connectivity index (χ3v) is 3.95. The van der Waals surface area contributed by atoms with E-state index in [1.807, 2.05) is 31.2 Å². The summed E-state index contributed by atoms with van der Waals surface area (Å²) in [6, 6.07) is 11.3. The zero-order valence-corrected chi connectivity index (χ0v) is 13.6. The number of fused-ring (bicyclic) bond motifs is 1. The van der Waals surface area contributed by atoms with Crippen molar-refractivity contribution in [3.8, 4) is 5.75 Å². The van der Waals surface area contributed by atoms with Crippen molar-refractivity contribution in [2.75, 3.05) is 6.79 Å². The Kier molecular flexibility index (Phi) is 4.84. The lowest BCUT2D eigenvalue weighted by Gasteiger charge is -2.21. The second-order valence-electron chi connectivity index (χ2n) is 5.43. The maximum absolute atomic E-state index is 12.1. The van der Waals surface area contributed by atoms with Gasteiger partial charge in [0, 0.05) is 16.1 Å². The lowest BCUT2D eigenvalue weighted by molar-refractivity contribution is -0.144. The van der Waals surface area contributed by atoms with E-state index in [1.165, 1.54) is 0 Å². The van der Waals surface area contributed by atoms with Gasteiger partial charge >= 0.3 is 5.97 Å². The number of carbonyl (C=O) groups excluding carboxylic acids is 1. The van der Waals surface area contributed by atoms with Crippen molar-refractivity contribution in [1.82, 2.24) is 0 Å². The zero-order valence-electron chi connectivity index (χ0n) is 12.8. The quantitative estimate of drug-likeness (QED) is 0.799. The highest BCUT2D eigenvalue weighted by Crippen LogP contribution is 2.32. The van der Waals surface area contributed by atoms with E-state index in [0.29, 0.717) is 17.4 Å². The maximum Gasteiger partial charge on any atom is 0.310 e. The third-order valence-electron chi connectivity index (χ3n) is 3.74. The molecular weight excluding hydrogens is 316 g/mol. The van der Waals surface area contributed by atoms with E-state index in [-0.39, 0.29) is 25.8 Å². The third kappa shape index (κ3) is 3.84. The van der Waals surface area contributed by atoms with Crippen LogP contribution >= 0.6 is 11.6 Å². The first-order valence-corrected chi connectivity index (χ1v) is 7.73. The van der Waals surface area contributed by atoms with Gasteiger partial charge in [0.25, 0.3) is 0 Å². The van der Waals surface area contributed by atoms with E-state index in [1.54, 1.807) is 12.1 Å². The minimum atomic E-state index is -0.278. The molecule has 2 aromatic carbocycles. The van der Waals surface area contributed by atoms with Gasteiger partial charge in [-0.05, 0) is 30.2 Å². The second-order valence-corrected chi connectivity index (χ2v) is 5.86. The Bertz CT molecular complexity index is 727. The van der Waals surface area contributed by atoms with E-state index in [9.17, 15) is 4.79 Å². The molecule has 0 aliphatic carbocycles. The molecule has 1 aliphatic rings. The highest BCUT2D eigenvalue weighted by atomic mass is 35.5. The van der Waals surface area contributed by atoms with E-state index >= 15 is 0 Å². The topological polar surface area (TPSA) is 44.8 Å². The summed E-state index contributed by atoms with van der Waals surface area (Å²) in [7, 11) is 0. The molecule has 3 rings (SSSR count). The Hall–Kier alpha value is -2.04. The van der Waals surface area contributed by atoms with Gasteiger partial charge in [-0.1, -0.05) is 35.9 Å². The first kappa shape index (κ1) is 15.8. The van der Waals surface area contributed by atoms with Crippen LogP contribution in [-0.2, 0) is 33.9 Å².